The summed E-state index contributed by atoms with van der Waals surface area (Å²) in [5.41, 5.74) is 2.13. The molecular formula is C25H18F3N3OS. The maximum Gasteiger partial charge on any atom is 0.433 e. The molecule has 33 heavy (non-hydrogen) atoms. The molecule has 0 unspecified atom stereocenters. The van der Waals surface area contributed by atoms with E-state index in [0.29, 0.717) is 33.9 Å². The highest BCUT2D eigenvalue weighted by atomic mass is 32.1. The number of hydrogen-bond acceptors (Lipinski definition) is 4. The van der Waals surface area contributed by atoms with E-state index in [4.69, 9.17) is 4.74 Å². The Balaban J connectivity index is 1.85. The number of methoxy groups -OCH3 is 1. The predicted molar refractivity (Wildman–Crippen MR) is 123 cm³/mol. The Morgan fingerprint density at radius 1 is 0.970 bits per heavy atom. The number of benzene rings is 2. The van der Waals surface area contributed by atoms with Gasteiger partial charge in [0, 0.05) is 12.0 Å². The van der Waals surface area contributed by atoms with E-state index in [9.17, 15) is 13.2 Å². The normalized spacial score (nSPS) is 11.8. The standard InChI is InChI=1S/C25H18F3N3OS/c1-32-20-11-6-5-10-17(20)23-19(14-16-8-3-2-4-9-16)30-31-22(25(26,27)28)15-18(29-24(23)31)21-12-7-13-33-21/h2-13,15H,14H2,1H3. The van der Waals surface area contributed by atoms with Gasteiger partial charge in [0.1, 0.15) is 5.75 Å². The molecule has 5 rings (SSSR count). The summed E-state index contributed by atoms with van der Waals surface area (Å²) in [7, 11) is 1.53. The van der Waals surface area contributed by atoms with Crippen LogP contribution in [0.1, 0.15) is 17.0 Å². The molecule has 0 amide bonds. The summed E-state index contributed by atoms with van der Waals surface area (Å²) in [6.45, 7) is 0. The van der Waals surface area contributed by atoms with E-state index in [2.05, 4.69) is 10.1 Å². The molecule has 0 bridgehead atoms. The summed E-state index contributed by atoms with van der Waals surface area (Å²) in [6, 6.07) is 21.4. The number of halogens is 3. The third-order valence-corrected chi connectivity index (χ3v) is 6.21. The third-order valence-electron chi connectivity index (χ3n) is 5.32. The molecule has 5 aromatic rings. The van der Waals surface area contributed by atoms with Gasteiger partial charge in [0.05, 0.1) is 28.9 Å². The number of thiophene rings is 1. The second-order valence-corrected chi connectivity index (χ2v) is 8.37. The smallest absolute Gasteiger partial charge is 0.433 e. The van der Waals surface area contributed by atoms with E-state index in [1.165, 1.54) is 18.4 Å². The van der Waals surface area contributed by atoms with E-state index in [-0.39, 0.29) is 11.3 Å². The van der Waals surface area contributed by atoms with Crippen LogP contribution in [-0.2, 0) is 12.6 Å². The van der Waals surface area contributed by atoms with E-state index in [1.54, 1.807) is 18.2 Å². The second kappa shape index (κ2) is 8.37. The van der Waals surface area contributed by atoms with Crippen molar-refractivity contribution in [2.75, 3.05) is 7.11 Å². The molecule has 0 spiro atoms. The molecule has 0 saturated carbocycles. The van der Waals surface area contributed by atoms with Crippen LogP contribution in [0.2, 0.25) is 0 Å². The van der Waals surface area contributed by atoms with E-state index >= 15 is 0 Å². The summed E-state index contributed by atoms with van der Waals surface area (Å²) in [4.78, 5) is 5.31. The van der Waals surface area contributed by atoms with E-state index in [1.807, 2.05) is 53.9 Å². The highest BCUT2D eigenvalue weighted by Gasteiger charge is 2.36. The van der Waals surface area contributed by atoms with Crippen molar-refractivity contribution in [2.45, 2.75) is 12.6 Å². The van der Waals surface area contributed by atoms with Gasteiger partial charge in [-0.25, -0.2) is 9.50 Å². The van der Waals surface area contributed by atoms with Crippen LogP contribution < -0.4 is 4.74 Å². The van der Waals surface area contributed by atoms with Gasteiger partial charge in [-0.15, -0.1) is 11.3 Å². The first-order valence-corrected chi connectivity index (χ1v) is 11.0. The lowest BCUT2D eigenvalue weighted by atomic mass is 10.00. The lowest BCUT2D eigenvalue weighted by Crippen LogP contribution is -2.13. The largest absolute Gasteiger partial charge is 0.496 e. The number of alkyl halides is 3. The molecule has 3 heterocycles. The molecule has 0 aliphatic rings. The van der Waals surface area contributed by atoms with Crippen LogP contribution in [0.5, 0.6) is 5.75 Å². The number of hydrogen-bond donors (Lipinski definition) is 0. The van der Waals surface area contributed by atoms with Crippen LogP contribution in [-0.4, -0.2) is 21.7 Å². The minimum absolute atomic E-state index is 0.142. The maximum absolute atomic E-state index is 14.1. The van der Waals surface area contributed by atoms with Crippen molar-refractivity contribution in [2.24, 2.45) is 0 Å². The van der Waals surface area contributed by atoms with Gasteiger partial charge in [0.25, 0.3) is 0 Å². The van der Waals surface area contributed by atoms with Gasteiger partial charge >= 0.3 is 6.18 Å². The first-order chi connectivity index (χ1) is 16.0. The van der Waals surface area contributed by atoms with Crippen molar-refractivity contribution in [1.82, 2.24) is 14.6 Å². The number of aromatic nitrogens is 3. The average molecular weight is 466 g/mol. The lowest BCUT2D eigenvalue weighted by Gasteiger charge is -2.12. The summed E-state index contributed by atoms with van der Waals surface area (Å²) in [6.07, 6.45) is -4.26. The topological polar surface area (TPSA) is 39.4 Å². The van der Waals surface area contributed by atoms with Crippen LogP contribution >= 0.6 is 11.3 Å². The minimum atomic E-state index is -4.61. The van der Waals surface area contributed by atoms with Crippen molar-refractivity contribution < 1.29 is 17.9 Å². The first kappa shape index (κ1) is 21.2. The summed E-state index contributed by atoms with van der Waals surface area (Å²) in [5.74, 6) is 0.540. The van der Waals surface area contributed by atoms with Gasteiger partial charge in [-0.1, -0.05) is 54.6 Å². The zero-order valence-corrected chi connectivity index (χ0v) is 18.3. The zero-order chi connectivity index (χ0) is 23.0. The lowest BCUT2D eigenvalue weighted by molar-refractivity contribution is -0.142. The van der Waals surface area contributed by atoms with Gasteiger partial charge in [-0.2, -0.15) is 18.3 Å². The predicted octanol–water partition coefficient (Wildman–Crippen LogP) is 6.74. The van der Waals surface area contributed by atoms with Gasteiger partial charge in [-0.05, 0) is 29.1 Å². The number of rotatable bonds is 5. The fourth-order valence-electron chi connectivity index (χ4n) is 3.85. The van der Waals surface area contributed by atoms with Crippen molar-refractivity contribution in [1.29, 1.82) is 0 Å². The van der Waals surface area contributed by atoms with Gasteiger partial charge < -0.3 is 4.74 Å². The molecule has 0 aliphatic carbocycles. The summed E-state index contributed by atoms with van der Waals surface area (Å²) in [5, 5.41) is 6.24. The molecule has 4 nitrogen and oxygen atoms in total. The van der Waals surface area contributed by atoms with Crippen molar-refractivity contribution in [3.8, 4) is 27.4 Å². The molecule has 0 fully saturated rings. The van der Waals surface area contributed by atoms with Crippen molar-refractivity contribution >= 4 is 17.0 Å². The molecule has 166 valence electrons. The summed E-state index contributed by atoms with van der Waals surface area (Å²) >= 11 is 1.34. The number of fused-ring (bicyclic) bond motifs is 1. The van der Waals surface area contributed by atoms with Crippen LogP contribution in [0, 0.1) is 0 Å². The number of ether oxygens (including phenoxy) is 1. The monoisotopic (exact) mass is 465 g/mol. The molecule has 2 aromatic carbocycles. The third kappa shape index (κ3) is 3.98. The van der Waals surface area contributed by atoms with Crippen LogP contribution in [0.15, 0.2) is 78.2 Å². The highest BCUT2D eigenvalue weighted by molar-refractivity contribution is 7.13. The van der Waals surface area contributed by atoms with E-state index < -0.39 is 11.9 Å². The highest BCUT2D eigenvalue weighted by Crippen LogP contribution is 2.40. The van der Waals surface area contributed by atoms with E-state index in [0.717, 1.165) is 16.1 Å². The molecule has 3 aromatic heterocycles. The first-order valence-electron chi connectivity index (χ1n) is 10.2. The Morgan fingerprint density at radius 2 is 1.73 bits per heavy atom. The molecule has 0 saturated heterocycles. The number of para-hydroxylation sites is 1. The Hall–Kier alpha value is -3.65. The minimum Gasteiger partial charge on any atom is -0.496 e. The maximum atomic E-state index is 14.1. The second-order valence-electron chi connectivity index (χ2n) is 7.42. The van der Waals surface area contributed by atoms with Crippen LogP contribution in [0.3, 0.4) is 0 Å². The molecule has 0 atom stereocenters. The quantitative estimate of drug-likeness (QED) is 0.288. The molecular weight excluding hydrogens is 447 g/mol. The van der Waals surface area contributed by atoms with Crippen molar-refractivity contribution in [3.05, 3.63) is 95.1 Å². The molecule has 0 radical (unpaired) electrons. The average Bonchev–Trinajstić information content (AvgIpc) is 3.46. The van der Waals surface area contributed by atoms with Gasteiger partial charge in [-0.3, -0.25) is 0 Å². The molecule has 8 heteroatoms. The Morgan fingerprint density at radius 3 is 2.42 bits per heavy atom. The zero-order valence-electron chi connectivity index (χ0n) is 17.5. The fraction of sp³-hybridized carbons (Fsp3) is 0.120. The molecule has 0 aliphatic heterocycles. The SMILES string of the molecule is COc1ccccc1-c1c(Cc2ccccc2)nn2c(C(F)(F)F)cc(-c3cccs3)nc12. The van der Waals surface area contributed by atoms with Crippen LogP contribution in [0.25, 0.3) is 27.3 Å². The Labute approximate surface area is 191 Å². The van der Waals surface area contributed by atoms with Gasteiger partial charge in [0.2, 0.25) is 0 Å². The Bertz CT molecular complexity index is 1410. The molecule has 0 N–H and O–H groups in total. The Kier molecular flexibility index (Phi) is 5.38. The number of nitrogens with zero attached hydrogens (tertiary/aromatic N) is 3. The fourth-order valence-corrected chi connectivity index (χ4v) is 4.54. The van der Waals surface area contributed by atoms with Crippen LogP contribution in [0.4, 0.5) is 13.2 Å². The van der Waals surface area contributed by atoms with Gasteiger partial charge in [0.15, 0.2) is 11.3 Å². The van der Waals surface area contributed by atoms with Crippen molar-refractivity contribution in [3.63, 3.8) is 0 Å². The summed E-state index contributed by atoms with van der Waals surface area (Å²) < 4.78 is 48.9.